The van der Waals surface area contributed by atoms with Gasteiger partial charge in [0.05, 0.1) is 7.11 Å². The predicted octanol–water partition coefficient (Wildman–Crippen LogP) is 1.46. The highest BCUT2D eigenvalue weighted by Gasteiger charge is 2.50. The third-order valence-electron chi connectivity index (χ3n) is 3.91. The van der Waals surface area contributed by atoms with Gasteiger partial charge in [0, 0.05) is 0 Å². The molecule has 2 aliphatic carbocycles. The second-order valence-corrected chi connectivity index (χ2v) is 4.86. The molecule has 0 aliphatic heterocycles. The highest BCUT2D eigenvalue weighted by Crippen LogP contribution is 2.46. The second-order valence-electron chi connectivity index (χ2n) is 4.86. The summed E-state index contributed by atoms with van der Waals surface area (Å²) >= 11 is 0. The van der Waals surface area contributed by atoms with Gasteiger partial charge in [-0.15, -0.1) is 0 Å². The lowest BCUT2D eigenvalue weighted by Crippen LogP contribution is -2.59. The summed E-state index contributed by atoms with van der Waals surface area (Å²) in [7, 11) is 1.42. The SMILES string of the molecule is COC(=O)C1(N)CC(C2CCCC2)C1. The molecule has 2 aliphatic rings. The van der Waals surface area contributed by atoms with Gasteiger partial charge in [0.15, 0.2) is 0 Å². The third kappa shape index (κ3) is 1.54. The Kier molecular flexibility index (Phi) is 2.52. The van der Waals surface area contributed by atoms with Crippen LogP contribution in [0.25, 0.3) is 0 Å². The van der Waals surface area contributed by atoms with Crippen LogP contribution in [0.2, 0.25) is 0 Å². The van der Waals surface area contributed by atoms with Crippen molar-refractivity contribution in [2.24, 2.45) is 17.6 Å². The van der Waals surface area contributed by atoms with Gasteiger partial charge < -0.3 is 10.5 Å². The van der Waals surface area contributed by atoms with Gasteiger partial charge in [0.1, 0.15) is 5.54 Å². The number of nitrogens with two attached hydrogens (primary N) is 1. The van der Waals surface area contributed by atoms with E-state index in [1.54, 1.807) is 0 Å². The maximum Gasteiger partial charge on any atom is 0.325 e. The fourth-order valence-electron chi connectivity index (χ4n) is 3.01. The number of carbonyl (C=O) groups excluding carboxylic acids is 1. The van der Waals surface area contributed by atoms with Gasteiger partial charge in [-0.3, -0.25) is 4.79 Å². The number of hydrogen-bond donors (Lipinski definition) is 1. The minimum absolute atomic E-state index is 0.230. The molecule has 0 spiro atoms. The Balaban J connectivity index is 1.85. The number of rotatable bonds is 2. The molecular formula is C11H19NO2. The molecule has 0 aromatic carbocycles. The van der Waals surface area contributed by atoms with Crippen molar-refractivity contribution in [1.29, 1.82) is 0 Å². The zero-order chi connectivity index (χ0) is 10.2. The fraction of sp³-hybridized carbons (Fsp3) is 0.909. The lowest BCUT2D eigenvalue weighted by molar-refractivity contribution is -0.153. The van der Waals surface area contributed by atoms with Crippen LogP contribution in [0.1, 0.15) is 38.5 Å². The fourth-order valence-corrected chi connectivity index (χ4v) is 3.01. The van der Waals surface area contributed by atoms with Gasteiger partial charge in [-0.2, -0.15) is 0 Å². The number of hydrogen-bond acceptors (Lipinski definition) is 3. The first-order chi connectivity index (χ1) is 6.65. The molecule has 14 heavy (non-hydrogen) atoms. The zero-order valence-electron chi connectivity index (χ0n) is 8.79. The smallest absolute Gasteiger partial charge is 0.325 e. The molecule has 2 rings (SSSR count). The Labute approximate surface area is 85.0 Å². The summed E-state index contributed by atoms with van der Waals surface area (Å²) in [6.45, 7) is 0. The van der Waals surface area contributed by atoms with Crippen molar-refractivity contribution in [3.8, 4) is 0 Å². The first-order valence-corrected chi connectivity index (χ1v) is 5.53. The summed E-state index contributed by atoms with van der Waals surface area (Å²) in [5.74, 6) is 1.28. The zero-order valence-corrected chi connectivity index (χ0v) is 8.79. The average molecular weight is 197 g/mol. The van der Waals surface area contributed by atoms with Crippen molar-refractivity contribution in [3.63, 3.8) is 0 Å². The molecule has 0 aromatic rings. The lowest BCUT2D eigenvalue weighted by Gasteiger charge is -2.45. The predicted molar refractivity (Wildman–Crippen MR) is 53.6 cm³/mol. The van der Waals surface area contributed by atoms with Gasteiger partial charge in [-0.05, 0) is 24.7 Å². The summed E-state index contributed by atoms with van der Waals surface area (Å²) in [6.07, 6.45) is 7.06. The molecule has 2 saturated carbocycles. The van der Waals surface area contributed by atoms with Crippen LogP contribution < -0.4 is 5.73 Å². The number of ether oxygens (including phenoxy) is 1. The molecule has 3 heteroatoms. The van der Waals surface area contributed by atoms with Crippen molar-refractivity contribution in [2.75, 3.05) is 7.11 Å². The van der Waals surface area contributed by atoms with Crippen LogP contribution in [-0.4, -0.2) is 18.6 Å². The van der Waals surface area contributed by atoms with Crippen LogP contribution in [-0.2, 0) is 9.53 Å². The summed E-state index contributed by atoms with van der Waals surface area (Å²) in [6, 6.07) is 0. The number of esters is 1. The topological polar surface area (TPSA) is 52.3 Å². The highest BCUT2D eigenvalue weighted by molar-refractivity contribution is 5.81. The Morgan fingerprint density at radius 1 is 1.29 bits per heavy atom. The molecule has 0 aromatic heterocycles. The minimum atomic E-state index is -0.651. The van der Waals surface area contributed by atoms with E-state index in [1.807, 2.05) is 0 Å². The molecule has 0 amide bonds. The van der Waals surface area contributed by atoms with Crippen LogP contribution in [0.5, 0.6) is 0 Å². The van der Waals surface area contributed by atoms with Crippen molar-refractivity contribution in [2.45, 2.75) is 44.1 Å². The molecule has 2 N–H and O–H groups in total. The van der Waals surface area contributed by atoms with Crippen LogP contribution >= 0.6 is 0 Å². The Hall–Kier alpha value is -0.570. The summed E-state index contributed by atoms with van der Waals surface area (Å²) in [5, 5.41) is 0. The van der Waals surface area contributed by atoms with Crippen molar-refractivity contribution < 1.29 is 9.53 Å². The largest absolute Gasteiger partial charge is 0.468 e. The summed E-state index contributed by atoms with van der Waals surface area (Å²) in [5.41, 5.74) is 5.29. The highest BCUT2D eigenvalue weighted by atomic mass is 16.5. The van der Waals surface area contributed by atoms with Crippen molar-refractivity contribution in [3.05, 3.63) is 0 Å². The van der Waals surface area contributed by atoms with E-state index in [2.05, 4.69) is 0 Å². The standard InChI is InChI=1S/C11H19NO2/c1-14-10(13)11(12)6-9(7-11)8-4-2-3-5-8/h8-9H,2-7,12H2,1H3. The molecule has 80 valence electrons. The molecule has 3 nitrogen and oxygen atoms in total. The maximum atomic E-state index is 11.3. The van der Waals surface area contributed by atoms with E-state index < -0.39 is 5.54 Å². The van der Waals surface area contributed by atoms with Gasteiger partial charge in [-0.25, -0.2) is 0 Å². The quantitative estimate of drug-likeness (QED) is 0.682. The Bertz CT molecular complexity index is 227. The van der Waals surface area contributed by atoms with E-state index in [1.165, 1.54) is 32.8 Å². The van der Waals surface area contributed by atoms with Crippen LogP contribution in [0, 0.1) is 11.8 Å². The van der Waals surface area contributed by atoms with E-state index in [0.717, 1.165) is 18.8 Å². The molecule has 2 fully saturated rings. The van der Waals surface area contributed by atoms with E-state index in [9.17, 15) is 4.79 Å². The molecule has 0 radical (unpaired) electrons. The second kappa shape index (κ2) is 3.54. The molecular weight excluding hydrogens is 178 g/mol. The van der Waals surface area contributed by atoms with Crippen molar-refractivity contribution in [1.82, 2.24) is 0 Å². The molecule has 0 saturated heterocycles. The van der Waals surface area contributed by atoms with Crippen molar-refractivity contribution >= 4 is 5.97 Å². The van der Waals surface area contributed by atoms with Gasteiger partial charge in [-0.1, -0.05) is 25.7 Å². The average Bonchev–Trinajstić information content (AvgIpc) is 2.64. The third-order valence-corrected chi connectivity index (χ3v) is 3.91. The number of methoxy groups -OCH3 is 1. The minimum Gasteiger partial charge on any atom is -0.468 e. The molecule has 0 bridgehead atoms. The maximum absolute atomic E-state index is 11.3. The van der Waals surface area contributed by atoms with Gasteiger partial charge in [0.25, 0.3) is 0 Å². The molecule has 0 unspecified atom stereocenters. The van der Waals surface area contributed by atoms with Crippen LogP contribution in [0.4, 0.5) is 0 Å². The Morgan fingerprint density at radius 2 is 1.86 bits per heavy atom. The van der Waals surface area contributed by atoms with Gasteiger partial charge >= 0.3 is 5.97 Å². The summed E-state index contributed by atoms with van der Waals surface area (Å²) in [4.78, 5) is 11.3. The van der Waals surface area contributed by atoms with E-state index in [4.69, 9.17) is 10.5 Å². The summed E-state index contributed by atoms with van der Waals surface area (Å²) < 4.78 is 4.70. The monoisotopic (exact) mass is 197 g/mol. The van der Waals surface area contributed by atoms with E-state index in [0.29, 0.717) is 5.92 Å². The van der Waals surface area contributed by atoms with Crippen LogP contribution in [0.3, 0.4) is 0 Å². The molecule has 0 atom stereocenters. The van der Waals surface area contributed by atoms with E-state index >= 15 is 0 Å². The van der Waals surface area contributed by atoms with Crippen LogP contribution in [0.15, 0.2) is 0 Å². The lowest BCUT2D eigenvalue weighted by atomic mass is 9.63. The van der Waals surface area contributed by atoms with E-state index in [-0.39, 0.29) is 5.97 Å². The molecule has 0 heterocycles. The first kappa shape index (κ1) is 9.97. The normalized spacial score (nSPS) is 38.0. The number of carbonyl (C=O) groups is 1. The van der Waals surface area contributed by atoms with Gasteiger partial charge in [0.2, 0.25) is 0 Å². The first-order valence-electron chi connectivity index (χ1n) is 5.53. The Morgan fingerprint density at radius 3 is 2.36 bits per heavy atom.